The third-order valence-corrected chi connectivity index (χ3v) is 19.5. The minimum absolute atomic E-state index is 0.631. The second-order valence-corrected chi connectivity index (χ2v) is 26.5. The van der Waals surface area contributed by atoms with Crippen LogP contribution in [0.1, 0.15) is 55.9 Å². The van der Waals surface area contributed by atoms with Crippen LogP contribution in [0.4, 0.5) is 5.69 Å². The normalized spacial score (nSPS) is 13.9. The molecule has 5 nitrogen and oxygen atoms in total. The van der Waals surface area contributed by atoms with Crippen molar-refractivity contribution in [2.24, 2.45) is 9.98 Å². The molecule has 2 aliphatic heterocycles. The Bertz CT molecular complexity index is 5730. The second-order valence-electron chi connectivity index (χ2n) is 26.5. The molecule has 3 aliphatic rings. The van der Waals surface area contributed by atoms with E-state index in [0.717, 1.165) is 179 Å². The second kappa shape index (κ2) is 26.0. The van der Waals surface area contributed by atoms with E-state index in [-0.39, 0.29) is 0 Å². The molecule has 0 amide bonds. The highest BCUT2D eigenvalue weighted by Gasteiger charge is 2.39. The summed E-state index contributed by atoms with van der Waals surface area (Å²) in [5.41, 5.74) is 30.4. The Balaban J connectivity index is 1.23. The third kappa shape index (κ3) is 10.9. The summed E-state index contributed by atoms with van der Waals surface area (Å²) in [6.45, 7) is 0. The first-order valence-corrected chi connectivity index (χ1v) is 34.3. The molecule has 0 unspecified atom stereocenters. The Hall–Kier alpha value is -12.8. The fourth-order valence-corrected chi connectivity index (χ4v) is 15.0. The molecule has 12 aromatic carbocycles. The summed E-state index contributed by atoms with van der Waals surface area (Å²) in [5, 5.41) is 1.82. The van der Waals surface area contributed by atoms with Gasteiger partial charge in [0.1, 0.15) is 5.69 Å². The van der Waals surface area contributed by atoms with E-state index in [9.17, 15) is 0 Å². The Morgan fingerprint density at radius 3 is 0.690 bits per heavy atom. The van der Waals surface area contributed by atoms with Crippen molar-refractivity contribution >= 4 is 61.7 Å². The molecule has 4 heterocycles. The molecule has 2 aromatic heterocycles. The maximum absolute atomic E-state index is 6.55. The molecule has 14 aromatic rings. The average Bonchev–Trinajstić information content (AvgIpc) is 1.55. The van der Waals surface area contributed by atoms with Gasteiger partial charge < -0.3 is 9.97 Å². The van der Waals surface area contributed by atoms with Crippen molar-refractivity contribution in [3.63, 3.8) is 0 Å². The summed E-state index contributed by atoms with van der Waals surface area (Å²) in [7, 11) is 6.69. The van der Waals surface area contributed by atoms with E-state index in [0.29, 0.717) is 4.48 Å². The van der Waals surface area contributed by atoms with E-state index in [2.05, 4.69) is 389 Å². The van der Waals surface area contributed by atoms with Gasteiger partial charge in [-0.3, -0.25) is 4.48 Å². The number of rotatable bonds is 13. The number of H-pyrrole nitrogens is 2. The average molecular weight is 1280 g/mol. The highest BCUT2D eigenvalue weighted by Crippen LogP contribution is 2.54. The number of hydrogen-bond donors (Lipinski definition) is 2. The van der Waals surface area contributed by atoms with E-state index < -0.39 is 0 Å². The van der Waals surface area contributed by atoms with Gasteiger partial charge in [0.2, 0.25) is 0 Å². The van der Waals surface area contributed by atoms with Crippen molar-refractivity contribution in [2.75, 3.05) is 21.1 Å². The lowest BCUT2D eigenvalue weighted by Gasteiger charge is -2.24. The number of aromatic nitrogens is 2. The topological polar surface area (TPSA) is 56.3 Å². The molecule has 0 saturated heterocycles. The van der Waals surface area contributed by atoms with Gasteiger partial charge in [0.15, 0.2) is 0 Å². The molecule has 17 rings (SSSR count). The summed E-state index contributed by atoms with van der Waals surface area (Å²) in [4.78, 5) is 22.1. The highest BCUT2D eigenvalue weighted by molar-refractivity contribution is 6.53. The predicted octanol–water partition coefficient (Wildman–Crippen LogP) is 21.0. The van der Waals surface area contributed by atoms with Gasteiger partial charge in [-0.15, -0.1) is 0 Å². The number of aromatic amines is 2. The molecule has 8 bridgehead atoms. The summed E-state index contributed by atoms with van der Waals surface area (Å²) in [5.74, 6) is 0. The van der Waals surface area contributed by atoms with Crippen LogP contribution >= 0.6 is 0 Å². The molecule has 0 spiro atoms. The van der Waals surface area contributed by atoms with Crippen LogP contribution in [0, 0.1) is 0 Å². The van der Waals surface area contributed by atoms with Gasteiger partial charge in [0.05, 0.1) is 66.0 Å². The maximum atomic E-state index is 6.55. The predicted molar refractivity (Wildman–Crippen MR) is 419 cm³/mol. The molecule has 0 radical (unpaired) electrons. The first kappa shape index (κ1) is 60.8. The minimum atomic E-state index is 0.631. The SMILES string of the molecule is C[N+](C)(C)c1ccc(C2=C3N=C(C(c4ccccc4)=C3c3ccccc3)C(c3ccccc3)=c3[nH]c(c(-c4ccccc4)c3-c3ccccc3)=C(c3ccccc3)C3=NC(=C(c4ccccc4)c4[nH]c2c(-c2ccccc2)c4-c2ccccc2)C(c2ccccc2)=C3c2ccccc2)cc1. The van der Waals surface area contributed by atoms with E-state index in [1.807, 2.05) is 0 Å². The van der Waals surface area contributed by atoms with Gasteiger partial charge in [-0.1, -0.05) is 334 Å². The number of hydrogen-bond acceptors (Lipinski definition) is 2. The number of nitrogens with zero attached hydrogens (tertiary/aromatic N) is 3. The Kier molecular flexibility index (Phi) is 15.8. The standard InChI is InChI=1S/C95H70N5/c1-100(2,3)75-61-59-74(60-62-75)87-94-82(69-49-27-10-28-50-69)80(67-45-23-8-24-46-67)92(98-94)85(72-55-33-13-34-56-72)90-78(65-41-19-6-20-42-65)76(63-37-15-4-16-38-63)88(96-90)84(71-53-31-12-32-54-71)89-77(64-39-17-5-18-40-64)79(66-43-21-7-22-44-66)91(97-89)86(73-57-35-14-36-58-73)93-81(68-47-25-9-26-48-68)83(95(87)99-93)70-51-29-11-30-52-70/h4-62,96,99H,1-3H3/q+1. The Morgan fingerprint density at radius 1 is 0.200 bits per heavy atom. The zero-order valence-corrected chi connectivity index (χ0v) is 55.9. The molecule has 5 heteroatoms. The van der Waals surface area contributed by atoms with Gasteiger partial charge in [0.25, 0.3) is 0 Å². The molecule has 0 atom stereocenters. The van der Waals surface area contributed by atoms with E-state index in [1.54, 1.807) is 0 Å². The fourth-order valence-electron chi connectivity index (χ4n) is 15.0. The summed E-state index contributed by atoms with van der Waals surface area (Å²) < 4.78 is 0.631. The first-order valence-electron chi connectivity index (χ1n) is 34.3. The van der Waals surface area contributed by atoms with E-state index in [1.165, 1.54) is 5.69 Å². The van der Waals surface area contributed by atoms with Gasteiger partial charge in [-0.05, 0) is 91.0 Å². The lowest BCUT2D eigenvalue weighted by molar-refractivity contribution is 0.486. The molecule has 0 saturated carbocycles. The van der Waals surface area contributed by atoms with Crippen LogP contribution in [0.5, 0.6) is 0 Å². The van der Waals surface area contributed by atoms with Crippen LogP contribution in [0.2, 0.25) is 0 Å². The van der Waals surface area contributed by atoms with Crippen LogP contribution in [0.15, 0.2) is 379 Å². The number of allylic oxidation sites excluding steroid dienone is 4. The quantitative estimate of drug-likeness (QED) is 0.108. The molecule has 2 N–H and O–H groups in total. The largest absolute Gasteiger partial charge is 0.353 e. The zero-order valence-electron chi connectivity index (χ0n) is 55.9. The van der Waals surface area contributed by atoms with Crippen molar-refractivity contribution in [1.29, 1.82) is 0 Å². The molecular weight excluding hydrogens is 1210 g/mol. The van der Waals surface area contributed by atoms with Crippen LogP contribution in [0.25, 0.3) is 89.1 Å². The molecular formula is C95H70N5+. The van der Waals surface area contributed by atoms with Gasteiger partial charge in [-0.25, -0.2) is 9.98 Å². The number of fused-ring (bicyclic) bond motifs is 10. The van der Waals surface area contributed by atoms with Crippen molar-refractivity contribution < 1.29 is 0 Å². The third-order valence-electron chi connectivity index (χ3n) is 19.5. The van der Waals surface area contributed by atoms with Gasteiger partial charge in [0, 0.05) is 66.8 Å². The number of nitrogens with one attached hydrogen (secondary N) is 2. The summed E-state index contributed by atoms with van der Waals surface area (Å²) in [6, 6.07) is 130. The monoisotopic (exact) mass is 1280 g/mol. The van der Waals surface area contributed by atoms with E-state index >= 15 is 0 Å². The van der Waals surface area contributed by atoms with Crippen molar-refractivity contribution in [3.8, 4) is 44.5 Å². The number of aliphatic imine (C=N–C) groups is 2. The van der Waals surface area contributed by atoms with Crippen molar-refractivity contribution in [3.05, 3.63) is 436 Å². The maximum Gasteiger partial charge on any atom is 0.132 e. The van der Waals surface area contributed by atoms with Crippen LogP contribution in [-0.4, -0.2) is 42.5 Å². The first-order chi connectivity index (χ1) is 49.3. The van der Waals surface area contributed by atoms with Crippen LogP contribution in [0.3, 0.4) is 0 Å². The van der Waals surface area contributed by atoms with Gasteiger partial charge >= 0.3 is 0 Å². The Labute approximate surface area is 584 Å². The molecule has 1 aliphatic carbocycles. The fraction of sp³-hybridized carbons (Fsp3) is 0.0316. The van der Waals surface area contributed by atoms with Crippen molar-refractivity contribution in [1.82, 2.24) is 14.5 Å². The summed E-state index contributed by atoms with van der Waals surface area (Å²) in [6.07, 6.45) is 0. The van der Waals surface area contributed by atoms with Gasteiger partial charge in [-0.2, -0.15) is 0 Å². The van der Waals surface area contributed by atoms with Crippen LogP contribution in [-0.2, 0) is 0 Å². The number of quaternary nitrogens is 1. The molecule has 100 heavy (non-hydrogen) atoms. The molecule has 474 valence electrons. The van der Waals surface area contributed by atoms with E-state index in [4.69, 9.17) is 9.98 Å². The number of benzene rings is 12. The zero-order chi connectivity index (χ0) is 67.1. The summed E-state index contributed by atoms with van der Waals surface area (Å²) >= 11 is 0. The smallest absolute Gasteiger partial charge is 0.132 e. The van der Waals surface area contributed by atoms with Crippen LogP contribution < -0.4 is 15.2 Å². The Morgan fingerprint density at radius 2 is 0.420 bits per heavy atom. The molecule has 0 fully saturated rings. The van der Waals surface area contributed by atoms with Crippen molar-refractivity contribution in [2.45, 2.75) is 0 Å². The highest BCUT2D eigenvalue weighted by atomic mass is 15.3. The lowest BCUT2D eigenvalue weighted by atomic mass is 9.83. The minimum Gasteiger partial charge on any atom is -0.353 e. The lowest BCUT2D eigenvalue weighted by Crippen LogP contribution is -2.34.